The molecule has 18 heavy (non-hydrogen) atoms. The van der Waals surface area contributed by atoms with Crippen LogP contribution >= 0.6 is 0 Å². The summed E-state index contributed by atoms with van der Waals surface area (Å²) in [6.07, 6.45) is 4.30. The zero-order valence-electron chi connectivity index (χ0n) is 10.5. The maximum atomic E-state index is 11.8. The fraction of sp³-hybridized carbons (Fsp3) is 0.583. The highest BCUT2D eigenvalue weighted by Gasteiger charge is 2.20. The molecule has 1 aliphatic heterocycles. The van der Waals surface area contributed by atoms with E-state index in [-0.39, 0.29) is 11.9 Å². The first-order valence-corrected chi connectivity index (χ1v) is 6.28. The molecule has 0 bridgehead atoms. The molecule has 1 amide bonds. The molecule has 1 fully saturated rings. The fourth-order valence-corrected chi connectivity index (χ4v) is 1.90. The maximum absolute atomic E-state index is 11.8. The average Bonchev–Trinajstić information content (AvgIpc) is 2.56. The van der Waals surface area contributed by atoms with Crippen LogP contribution in [0, 0.1) is 0 Å². The molecule has 2 rings (SSSR count). The number of carbonyl (C=O) groups is 1. The van der Waals surface area contributed by atoms with E-state index in [0.717, 1.165) is 25.8 Å². The van der Waals surface area contributed by atoms with Crippen molar-refractivity contribution in [1.82, 2.24) is 15.3 Å². The van der Waals surface area contributed by atoms with Gasteiger partial charge in [-0.2, -0.15) is 0 Å². The first-order valence-electron chi connectivity index (χ1n) is 6.28. The lowest BCUT2D eigenvalue weighted by molar-refractivity contribution is -0.121. The largest absolute Gasteiger partial charge is 0.478 e. The lowest BCUT2D eigenvalue weighted by Gasteiger charge is -2.15. The Morgan fingerprint density at radius 1 is 1.50 bits per heavy atom. The smallest absolute Gasteiger partial charge is 0.242 e. The third-order valence-electron chi connectivity index (χ3n) is 2.79. The van der Waals surface area contributed by atoms with Crippen molar-refractivity contribution in [1.29, 1.82) is 0 Å². The molecule has 0 radical (unpaired) electrons. The van der Waals surface area contributed by atoms with Gasteiger partial charge in [-0.3, -0.25) is 4.79 Å². The van der Waals surface area contributed by atoms with E-state index in [2.05, 4.69) is 20.6 Å². The molecule has 1 saturated heterocycles. The second kappa shape index (κ2) is 6.18. The minimum Gasteiger partial charge on any atom is -0.478 e. The zero-order valence-corrected chi connectivity index (χ0v) is 10.5. The van der Waals surface area contributed by atoms with E-state index in [9.17, 15) is 4.79 Å². The summed E-state index contributed by atoms with van der Waals surface area (Å²) in [5.74, 6) is 1.17. The van der Waals surface area contributed by atoms with Gasteiger partial charge < -0.3 is 15.4 Å². The number of hydrogen-bond acceptors (Lipinski definition) is 5. The van der Waals surface area contributed by atoms with Crippen LogP contribution in [0.25, 0.3) is 0 Å². The average molecular weight is 250 g/mol. The standard InChI is InChI=1S/C12H18N4O2/c1-2-18-11-7-10(14-8-15-11)16-9-5-3-4-6-13-12(9)17/h7-9H,2-6H2,1H3,(H,13,17)(H,14,15,16). The molecule has 0 spiro atoms. The van der Waals surface area contributed by atoms with Crippen molar-refractivity contribution in [3.63, 3.8) is 0 Å². The molecule has 1 unspecified atom stereocenters. The SMILES string of the molecule is CCOc1cc(NC2CCCCNC2=O)ncn1. The third-order valence-corrected chi connectivity index (χ3v) is 2.79. The minimum absolute atomic E-state index is 0.0315. The Balaban J connectivity index is 2.02. The van der Waals surface area contributed by atoms with Crippen molar-refractivity contribution in [2.24, 2.45) is 0 Å². The van der Waals surface area contributed by atoms with Gasteiger partial charge in [0.05, 0.1) is 6.61 Å². The molecule has 0 aliphatic carbocycles. The van der Waals surface area contributed by atoms with E-state index < -0.39 is 0 Å². The van der Waals surface area contributed by atoms with Gasteiger partial charge in [-0.1, -0.05) is 0 Å². The van der Waals surface area contributed by atoms with Gasteiger partial charge in [-0.05, 0) is 26.2 Å². The summed E-state index contributed by atoms with van der Waals surface area (Å²) >= 11 is 0. The van der Waals surface area contributed by atoms with Crippen LogP contribution in [0.5, 0.6) is 5.88 Å². The summed E-state index contributed by atoms with van der Waals surface area (Å²) in [5.41, 5.74) is 0. The Bertz CT molecular complexity index is 411. The van der Waals surface area contributed by atoms with Crippen molar-refractivity contribution < 1.29 is 9.53 Å². The Morgan fingerprint density at radius 2 is 2.39 bits per heavy atom. The number of aromatic nitrogens is 2. The van der Waals surface area contributed by atoms with Gasteiger partial charge in [0.1, 0.15) is 18.2 Å². The van der Waals surface area contributed by atoms with Crippen LogP contribution < -0.4 is 15.4 Å². The number of amides is 1. The van der Waals surface area contributed by atoms with E-state index in [1.807, 2.05) is 6.92 Å². The quantitative estimate of drug-likeness (QED) is 0.832. The van der Waals surface area contributed by atoms with Crippen LogP contribution in [0.1, 0.15) is 26.2 Å². The molecular formula is C12H18N4O2. The van der Waals surface area contributed by atoms with Gasteiger partial charge in [0.15, 0.2) is 0 Å². The molecule has 1 aromatic rings. The van der Waals surface area contributed by atoms with Gasteiger partial charge in [0.25, 0.3) is 0 Å². The predicted octanol–water partition coefficient (Wildman–Crippen LogP) is 0.956. The van der Waals surface area contributed by atoms with Crippen LogP contribution in [0.15, 0.2) is 12.4 Å². The van der Waals surface area contributed by atoms with E-state index in [1.165, 1.54) is 6.33 Å². The predicted molar refractivity (Wildman–Crippen MR) is 67.5 cm³/mol. The second-order valence-corrected chi connectivity index (χ2v) is 4.16. The van der Waals surface area contributed by atoms with E-state index in [0.29, 0.717) is 18.3 Å². The molecule has 6 nitrogen and oxygen atoms in total. The number of hydrogen-bond donors (Lipinski definition) is 2. The summed E-state index contributed by atoms with van der Waals surface area (Å²) in [6, 6.07) is 1.48. The van der Waals surface area contributed by atoms with Crippen molar-refractivity contribution >= 4 is 11.7 Å². The monoisotopic (exact) mass is 250 g/mol. The van der Waals surface area contributed by atoms with Gasteiger partial charge in [0, 0.05) is 12.6 Å². The molecular weight excluding hydrogens is 232 g/mol. The van der Waals surface area contributed by atoms with Gasteiger partial charge in [0.2, 0.25) is 11.8 Å². The highest BCUT2D eigenvalue weighted by molar-refractivity contribution is 5.84. The Morgan fingerprint density at radius 3 is 3.22 bits per heavy atom. The number of anilines is 1. The zero-order chi connectivity index (χ0) is 12.8. The molecule has 2 N–H and O–H groups in total. The molecule has 1 aliphatic rings. The lowest BCUT2D eigenvalue weighted by Crippen LogP contribution is -2.38. The highest BCUT2D eigenvalue weighted by atomic mass is 16.5. The summed E-state index contributed by atoms with van der Waals surface area (Å²) in [6.45, 7) is 3.21. The summed E-state index contributed by atoms with van der Waals surface area (Å²) in [5, 5.41) is 6.00. The van der Waals surface area contributed by atoms with Gasteiger partial charge in [-0.15, -0.1) is 0 Å². The summed E-state index contributed by atoms with van der Waals surface area (Å²) in [7, 11) is 0. The first-order chi connectivity index (χ1) is 8.79. The Kier molecular flexibility index (Phi) is 4.33. The maximum Gasteiger partial charge on any atom is 0.242 e. The van der Waals surface area contributed by atoms with Gasteiger partial charge >= 0.3 is 0 Å². The van der Waals surface area contributed by atoms with Gasteiger partial charge in [-0.25, -0.2) is 9.97 Å². The van der Waals surface area contributed by atoms with E-state index in [1.54, 1.807) is 6.07 Å². The molecule has 6 heteroatoms. The molecule has 1 aromatic heterocycles. The summed E-state index contributed by atoms with van der Waals surface area (Å²) < 4.78 is 5.30. The van der Waals surface area contributed by atoms with Crippen LogP contribution in [-0.2, 0) is 4.79 Å². The topological polar surface area (TPSA) is 76.1 Å². The molecule has 1 atom stereocenters. The minimum atomic E-state index is -0.225. The molecule has 0 aromatic carbocycles. The molecule has 98 valence electrons. The van der Waals surface area contributed by atoms with E-state index >= 15 is 0 Å². The van der Waals surface area contributed by atoms with Crippen molar-refractivity contribution in [2.45, 2.75) is 32.2 Å². The van der Waals surface area contributed by atoms with Crippen LogP contribution in [0.3, 0.4) is 0 Å². The number of carbonyl (C=O) groups excluding carboxylic acids is 1. The Hall–Kier alpha value is -1.85. The van der Waals surface area contributed by atoms with Crippen LogP contribution in [-0.4, -0.2) is 35.1 Å². The Labute approximate surface area is 106 Å². The first kappa shape index (κ1) is 12.6. The van der Waals surface area contributed by atoms with E-state index in [4.69, 9.17) is 4.74 Å². The van der Waals surface area contributed by atoms with Crippen molar-refractivity contribution in [3.8, 4) is 5.88 Å². The number of nitrogens with zero attached hydrogens (tertiary/aromatic N) is 2. The second-order valence-electron chi connectivity index (χ2n) is 4.16. The normalized spacial score (nSPS) is 19.8. The molecule has 2 heterocycles. The number of ether oxygens (including phenoxy) is 1. The molecule has 0 saturated carbocycles. The fourth-order valence-electron chi connectivity index (χ4n) is 1.90. The number of nitrogens with one attached hydrogen (secondary N) is 2. The highest BCUT2D eigenvalue weighted by Crippen LogP contribution is 2.15. The summed E-state index contributed by atoms with van der Waals surface area (Å²) in [4.78, 5) is 19.9. The number of rotatable bonds is 4. The lowest BCUT2D eigenvalue weighted by atomic mass is 10.1. The third kappa shape index (κ3) is 3.32. The van der Waals surface area contributed by atoms with Crippen LogP contribution in [0.4, 0.5) is 5.82 Å². The van der Waals surface area contributed by atoms with Crippen molar-refractivity contribution in [2.75, 3.05) is 18.5 Å². The van der Waals surface area contributed by atoms with Crippen molar-refractivity contribution in [3.05, 3.63) is 12.4 Å². The van der Waals surface area contributed by atoms with Crippen LogP contribution in [0.2, 0.25) is 0 Å².